The maximum Gasteiger partial charge on any atom is 0.419 e. The molecule has 0 radical (unpaired) electrons. The highest BCUT2D eigenvalue weighted by Gasteiger charge is 2.40. The second kappa shape index (κ2) is 4.11. The summed E-state index contributed by atoms with van der Waals surface area (Å²) < 4.78 is 74.2. The minimum Gasteiger partial charge on any atom is -0.296 e. The Morgan fingerprint density at radius 3 is 2.25 bits per heavy atom. The number of hydrogen-bond acceptors (Lipinski definition) is 2. The zero-order valence-electron chi connectivity index (χ0n) is 7.36. The number of aldehydes is 1. The van der Waals surface area contributed by atoms with Crippen molar-refractivity contribution in [2.24, 2.45) is 0 Å². The molecule has 1 rings (SSSR count). The van der Waals surface area contributed by atoms with Crippen LogP contribution >= 0.6 is 0 Å². The molecule has 1 aromatic rings. The Morgan fingerprint density at radius 1 is 1.31 bits per heavy atom. The van der Waals surface area contributed by atoms with Crippen LogP contribution in [0.25, 0.3) is 0 Å². The summed E-state index contributed by atoms with van der Waals surface area (Å²) in [5.41, 5.74) is -4.90. The van der Waals surface area contributed by atoms with Gasteiger partial charge in [0.15, 0.2) is 12.1 Å². The van der Waals surface area contributed by atoms with E-state index in [1.165, 1.54) is 0 Å². The third-order valence-electron chi connectivity index (χ3n) is 1.71. The molecule has 0 aromatic carbocycles. The summed E-state index contributed by atoms with van der Waals surface area (Å²) in [6.45, 7) is 0. The Morgan fingerprint density at radius 2 is 1.88 bits per heavy atom. The fraction of sp³-hybridized carbons (Fsp3) is 0.250. The smallest absolute Gasteiger partial charge is 0.296 e. The van der Waals surface area contributed by atoms with Crippen molar-refractivity contribution in [1.29, 1.82) is 0 Å². The number of nitrogens with zero attached hydrogens (tertiary/aromatic N) is 1. The van der Waals surface area contributed by atoms with Crippen molar-refractivity contribution in [3.8, 4) is 0 Å². The van der Waals surface area contributed by atoms with Gasteiger partial charge < -0.3 is 0 Å². The monoisotopic (exact) mass is 243 g/mol. The van der Waals surface area contributed by atoms with E-state index in [0.29, 0.717) is 0 Å². The highest BCUT2D eigenvalue weighted by Crippen LogP contribution is 2.38. The van der Waals surface area contributed by atoms with Crippen LogP contribution in [-0.2, 0) is 6.18 Å². The van der Waals surface area contributed by atoms with Crippen molar-refractivity contribution in [3.05, 3.63) is 28.8 Å². The molecule has 0 fully saturated rings. The van der Waals surface area contributed by atoms with E-state index >= 15 is 0 Å². The highest BCUT2D eigenvalue weighted by molar-refractivity contribution is 5.72. The third-order valence-corrected chi connectivity index (χ3v) is 1.71. The summed E-state index contributed by atoms with van der Waals surface area (Å²) in [4.78, 5) is 13.0. The maximum atomic E-state index is 13.0. The first kappa shape index (κ1) is 12.5. The summed E-state index contributed by atoms with van der Waals surface area (Å²) in [6, 6.07) is 0. The van der Waals surface area contributed by atoms with Crippen molar-refractivity contribution in [1.82, 2.24) is 4.98 Å². The molecule has 0 spiro atoms. The van der Waals surface area contributed by atoms with Gasteiger partial charge in [-0.25, -0.2) is 18.2 Å². The van der Waals surface area contributed by atoms with Crippen molar-refractivity contribution in [2.45, 2.75) is 12.6 Å². The fourth-order valence-corrected chi connectivity index (χ4v) is 1.05. The Balaban J connectivity index is 3.56. The number of alkyl halides is 5. The molecule has 0 saturated carbocycles. The number of halogens is 6. The van der Waals surface area contributed by atoms with Gasteiger partial charge in [0.25, 0.3) is 6.43 Å². The molecule has 1 heterocycles. The highest BCUT2D eigenvalue weighted by atomic mass is 19.4. The maximum absolute atomic E-state index is 13.0. The van der Waals surface area contributed by atoms with Crippen LogP contribution in [0.3, 0.4) is 0 Å². The molecular weight excluding hydrogens is 240 g/mol. The molecule has 1 aromatic heterocycles. The normalized spacial score (nSPS) is 11.9. The van der Waals surface area contributed by atoms with Gasteiger partial charge in [-0.2, -0.15) is 13.2 Å². The molecule has 0 aliphatic carbocycles. The van der Waals surface area contributed by atoms with Crippen LogP contribution < -0.4 is 0 Å². The predicted molar refractivity (Wildman–Crippen MR) is 39.5 cm³/mol. The minimum absolute atomic E-state index is 0.139. The van der Waals surface area contributed by atoms with Crippen LogP contribution in [0.4, 0.5) is 26.3 Å². The van der Waals surface area contributed by atoms with Crippen molar-refractivity contribution in [3.63, 3.8) is 0 Å². The zero-order chi connectivity index (χ0) is 12.5. The lowest BCUT2D eigenvalue weighted by molar-refractivity contribution is -0.142. The van der Waals surface area contributed by atoms with Crippen molar-refractivity contribution >= 4 is 6.29 Å². The van der Waals surface area contributed by atoms with E-state index in [1.807, 2.05) is 0 Å². The number of carbonyl (C=O) groups excluding carboxylic acids is 1. The largest absolute Gasteiger partial charge is 0.419 e. The molecule has 0 amide bonds. The first-order chi connectivity index (χ1) is 7.29. The molecule has 0 aliphatic heterocycles. The van der Waals surface area contributed by atoms with Gasteiger partial charge in [0.05, 0.1) is 5.56 Å². The number of carbonyl (C=O) groups is 1. The first-order valence-electron chi connectivity index (χ1n) is 3.78. The van der Waals surface area contributed by atoms with Crippen molar-refractivity contribution in [2.75, 3.05) is 0 Å². The molecule has 8 heteroatoms. The molecular formula is C8H3F6NO. The van der Waals surface area contributed by atoms with Gasteiger partial charge in [-0.1, -0.05) is 0 Å². The lowest BCUT2D eigenvalue weighted by Crippen LogP contribution is -2.15. The van der Waals surface area contributed by atoms with E-state index in [2.05, 4.69) is 4.98 Å². The summed E-state index contributed by atoms with van der Waals surface area (Å²) in [6.07, 6.45) is -8.98. The number of pyridine rings is 1. The molecule has 2 nitrogen and oxygen atoms in total. The van der Waals surface area contributed by atoms with Gasteiger partial charge in [-0.3, -0.25) is 4.79 Å². The van der Waals surface area contributed by atoms with E-state index < -0.39 is 35.2 Å². The average Bonchev–Trinajstić information content (AvgIpc) is 2.14. The molecule has 0 aliphatic rings. The molecule has 0 atom stereocenters. The predicted octanol–water partition coefficient (Wildman–Crippen LogP) is 2.99. The molecule has 88 valence electrons. The molecule has 0 bridgehead atoms. The van der Waals surface area contributed by atoms with E-state index in [1.54, 1.807) is 0 Å². The van der Waals surface area contributed by atoms with E-state index in [0.717, 1.165) is 0 Å². The summed E-state index contributed by atoms with van der Waals surface area (Å²) in [5.74, 6) is -2.08. The Kier molecular flexibility index (Phi) is 3.20. The van der Waals surface area contributed by atoms with Gasteiger partial charge in [0, 0.05) is 6.20 Å². The second-order valence-electron chi connectivity index (χ2n) is 2.70. The summed E-state index contributed by atoms with van der Waals surface area (Å²) in [7, 11) is 0. The van der Waals surface area contributed by atoms with E-state index in [9.17, 15) is 31.1 Å². The second-order valence-corrected chi connectivity index (χ2v) is 2.70. The van der Waals surface area contributed by atoms with Crippen LogP contribution in [0, 0.1) is 5.82 Å². The van der Waals surface area contributed by atoms with Gasteiger partial charge in [0.1, 0.15) is 11.3 Å². The number of aromatic nitrogens is 1. The lowest BCUT2D eigenvalue weighted by Gasteiger charge is -2.13. The van der Waals surface area contributed by atoms with Crippen LogP contribution in [0.15, 0.2) is 6.20 Å². The molecule has 0 saturated heterocycles. The third kappa shape index (κ3) is 2.15. The number of rotatable bonds is 2. The van der Waals surface area contributed by atoms with Gasteiger partial charge in [-0.05, 0) is 0 Å². The van der Waals surface area contributed by atoms with Gasteiger partial charge in [0.2, 0.25) is 0 Å². The Labute approximate surface area is 84.9 Å². The molecule has 16 heavy (non-hydrogen) atoms. The van der Waals surface area contributed by atoms with Crippen LogP contribution in [0.2, 0.25) is 0 Å². The standard InChI is InChI=1S/C8H3F6NO/c9-6-4(2-16)15-1-3(7(10)11)5(6)8(12,13)14/h1-2,7H. The van der Waals surface area contributed by atoms with E-state index in [4.69, 9.17) is 0 Å². The fourth-order valence-electron chi connectivity index (χ4n) is 1.05. The lowest BCUT2D eigenvalue weighted by atomic mass is 10.1. The SMILES string of the molecule is O=Cc1ncc(C(F)F)c(C(F)(F)F)c1F. The minimum atomic E-state index is -5.31. The molecule has 0 unspecified atom stereocenters. The Bertz CT molecular complexity index is 414. The van der Waals surface area contributed by atoms with Crippen LogP contribution in [-0.4, -0.2) is 11.3 Å². The summed E-state index contributed by atoms with van der Waals surface area (Å²) in [5, 5.41) is 0. The topological polar surface area (TPSA) is 30.0 Å². The van der Waals surface area contributed by atoms with Crippen LogP contribution in [0.5, 0.6) is 0 Å². The Hall–Kier alpha value is -1.60. The van der Waals surface area contributed by atoms with Crippen molar-refractivity contribution < 1.29 is 31.1 Å². The first-order valence-corrected chi connectivity index (χ1v) is 3.78. The van der Waals surface area contributed by atoms with Crippen LogP contribution in [0.1, 0.15) is 28.0 Å². The molecule has 0 N–H and O–H groups in total. The zero-order valence-corrected chi connectivity index (χ0v) is 7.36. The van der Waals surface area contributed by atoms with E-state index in [-0.39, 0.29) is 12.5 Å². The van der Waals surface area contributed by atoms with Gasteiger partial charge in [-0.15, -0.1) is 0 Å². The average molecular weight is 243 g/mol. The quantitative estimate of drug-likeness (QED) is 0.590. The van der Waals surface area contributed by atoms with Gasteiger partial charge >= 0.3 is 6.18 Å². The number of hydrogen-bond donors (Lipinski definition) is 0. The summed E-state index contributed by atoms with van der Waals surface area (Å²) >= 11 is 0.